The minimum atomic E-state index is 1.09. The zero-order chi connectivity index (χ0) is 33.6. The van der Waals surface area contributed by atoms with E-state index in [0.29, 0.717) is 0 Å². The highest BCUT2D eigenvalue weighted by Crippen LogP contribution is 2.47. The Balaban J connectivity index is 1.27. The van der Waals surface area contributed by atoms with Crippen molar-refractivity contribution in [3.8, 4) is 55.6 Å². The second-order valence-electron chi connectivity index (χ2n) is 13.1. The van der Waals surface area contributed by atoms with Gasteiger partial charge in [-0.25, -0.2) is 0 Å². The number of pyridine rings is 2. The Kier molecular flexibility index (Phi) is 7.29. The number of nitrogens with zero attached hydrogens (tertiary/aromatic N) is 2. The molecule has 0 aliphatic rings. The van der Waals surface area contributed by atoms with Crippen molar-refractivity contribution in [1.29, 1.82) is 0 Å². The molecule has 2 nitrogen and oxygen atoms in total. The first-order chi connectivity index (χ1) is 24.6. The molecule has 0 fully saturated rings. The second-order valence-corrected chi connectivity index (χ2v) is 13.1. The summed E-state index contributed by atoms with van der Waals surface area (Å²) in [5.41, 5.74) is 14.4. The van der Waals surface area contributed by atoms with Crippen molar-refractivity contribution < 1.29 is 0 Å². The van der Waals surface area contributed by atoms with Crippen LogP contribution in [0.4, 0.5) is 0 Å². The first-order valence-corrected chi connectivity index (χ1v) is 17.1. The van der Waals surface area contributed by atoms with Gasteiger partial charge in [0, 0.05) is 35.9 Å². The second kappa shape index (κ2) is 12.3. The van der Waals surface area contributed by atoms with Crippen molar-refractivity contribution in [2.45, 2.75) is 13.8 Å². The van der Waals surface area contributed by atoms with E-state index in [-0.39, 0.29) is 0 Å². The minimum Gasteiger partial charge on any atom is -0.264 e. The Morgan fingerprint density at radius 2 is 0.800 bits per heavy atom. The van der Waals surface area contributed by atoms with E-state index in [4.69, 9.17) is 0 Å². The summed E-state index contributed by atoms with van der Waals surface area (Å²) in [7, 11) is 0. The van der Waals surface area contributed by atoms with Crippen LogP contribution >= 0.6 is 0 Å². The van der Waals surface area contributed by atoms with Crippen molar-refractivity contribution in [2.75, 3.05) is 0 Å². The summed E-state index contributed by atoms with van der Waals surface area (Å²) < 4.78 is 0. The highest BCUT2D eigenvalue weighted by Gasteiger charge is 2.20. The molecule has 0 aliphatic carbocycles. The molecule has 2 heteroatoms. The van der Waals surface area contributed by atoms with Crippen LogP contribution in [0.3, 0.4) is 0 Å². The van der Waals surface area contributed by atoms with Crippen molar-refractivity contribution in [3.05, 3.63) is 182 Å². The van der Waals surface area contributed by atoms with E-state index >= 15 is 0 Å². The third-order valence-electron chi connectivity index (χ3n) is 10.1. The van der Waals surface area contributed by atoms with E-state index in [9.17, 15) is 0 Å². The first-order valence-electron chi connectivity index (χ1n) is 17.1. The van der Waals surface area contributed by atoms with E-state index in [2.05, 4.69) is 157 Å². The zero-order valence-corrected chi connectivity index (χ0v) is 28.1. The molecule has 7 aromatic carbocycles. The third-order valence-corrected chi connectivity index (χ3v) is 10.1. The average molecular weight is 639 g/mol. The fraction of sp³-hybridized carbons (Fsp3) is 0.0417. The number of aromatic nitrogens is 2. The number of aryl methyl sites for hydroxylation is 2. The van der Waals surface area contributed by atoms with Gasteiger partial charge in [-0.2, -0.15) is 0 Å². The predicted octanol–water partition coefficient (Wildman–Crippen LogP) is 12.9. The van der Waals surface area contributed by atoms with Crippen LogP contribution in [0.1, 0.15) is 11.1 Å². The Morgan fingerprint density at radius 1 is 0.340 bits per heavy atom. The maximum atomic E-state index is 4.42. The van der Waals surface area contributed by atoms with Crippen LogP contribution in [-0.4, -0.2) is 9.97 Å². The molecule has 2 heterocycles. The van der Waals surface area contributed by atoms with Crippen molar-refractivity contribution in [1.82, 2.24) is 9.97 Å². The molecule has 9 rings (SSSR count). The van der Waals surface area contributed by atoms with Crippen LogP contribution in [0.5, 0.6) is 0 Å². The van der Waals surface area contributed by atoms with Crippen LogP contribution in [0.15, 0.2) is 170 Å². The Morgan fingerprint density at radius 3 is 1.36 bits per heavy atom. The molecule has 0 unspecified atom stereocenters. The monoisotopic (exact) mass is 638 g/mol. The minimum absolute atomic E-state index is 1.09. The SMILES string of the molecule is Cc1cc(-c2c3ccccc3c(-c3cccc4ccccc34)c3ccccc23)c(C)cc1-c1cc(-c2cccnc2)cc(-c2cccnc2)c1. The number of benzene rings is 7. The van der Waals surface area contributed by atoms with Gasteiger partial charge in [-0.3, -0.25) is 9.97 Å². The maximum Gasteiger partial charge on any atom is 0.0346 e. The van der Waals surface area contributed by atoms with Gasteiger partial charge in [0.05, 0.1) is 0 Å². The van der Waals surface area contributed by atoms with Gasteiger partial charge >= 0.3 is 0 Å². The molecule has 0 saturated heterocycles. The molecule has 0 N–H and O–H groups in total. The van der Waals surface area contributed by atoms with E-state index in [1.807, 2.05) is 36.9 Å². The highest BCUT2D eigenvalue weighted by atomic mass is 14.6. The summed E-state index contributed by atoms with van der Waals surface area (Å²) in [5.74, 6) is 0. The fourth-order valence-electron chi connectivity index (χ4n) is 7.73. The van der Waals surface area contributed by atoms with Gasteiger partial charge in [-0.05, 0) is 132 Å². The molecule has 0 bridgehead atoms. The van der Waals surface area contributed by atoms with Gasteiger partial charge in [-0.15, -0.1) is 0 Å². The smallest absolute Gasteiger partial charge is 0.0346 e. The van der Waals surface area contributed by atoms with Gasteiger partial charge in [0.15, 0.2) is 0 Å². The Hall–Kier alpha value is -6.38. The van der Waals surface area contributed by atoms with E-state index in [0.717, 1.165) is 22.3 Å². The van der Waals surface area contributed by atoms with Crippen LogP contribution in [0, 0.1) is 13.8 Å². The predicted molar refractivity (Wildman–Crippen MR) is 211 cm³/mol. The van der Waals surface area contributed by atoms with Crippen LogP contribution < -0.4 is 0 Å². The summed E-state index contributed by atoms with van der Waals surface area (Å²) in [4.78, 5) is 8.84. The lowest BCUT2D eigenvalue weighted by Gasteiger charge is -2.21. The molecule has 50 heavy (non-hydrogen) atoms. The molecule has 0 amide bonds. The lowest BCUT2D eigenvalue weighted by Crippen LogP contribution is -1.95. The lowest BCUT2D eigenvalue weighted by atomic mass is 9.82. The average Bonchev–Trinajstić information content (AvgIpc) is 3.18. The maximum absolute atomic E-state index is 4.42. The number of hydrogen-bond acceptors (Lipinski definition) is 2. The molecule has 0 atom stereocenters. The van der Waals surface area contributed by atoms with Crippen LogP contribution in [0.2, 0.25) is 0 Å². The lowest BCUT2D eigenvalue weighted by molar-refractivity contribution is 1.32. The summed E-state index contributed by atoms with van der Waals surface area (Å²) in [5, 5.41) is 7.59. The summed E-state index contributed by atoms with van der Waals surface area (Å²) >= 11 is 0. The Bertz CT molecular complexity index is 2590. The van der Waals surface area contributed by atoms with Gasteiger partial charge in [-0.1, -0.05) is 115 Å². The summed E-state index contributed by atoms with van der Waals surface area (Å²) in [6.07, 6.45) is 7.52. The largest absolute Gasteiger partial charge is 0.264 e. The molecule has 0 spiro atoms. The molecule has 0 radical (unpaired) electrons. The molecule has 9 aromatic rings. The molecule has 236 valence electrons. The quantitative estimate of drug-likeness (QED) is 0.175. The molecular weight excluding hydrogens is 605 g/mol. The van der Waals surface area contributed by atoms with Crippen LogP contribution in [-0.2, 0) is 0 Å². The topological polar surface area (TPSA) is 25.8 Å². The van der Waals surface area contributed by atoms with E-state index < -0.39 is 0 Å². The zero-order valence-electron chi connectivity index (χ0n) is 28.1. The van der Waals surface area contributed by atoms with Crippen molar-refractivity contribution in [2.24, 2.45) is 0 Å². The van der Waals surface area contributed by atoms with E-state index in [1.54, 1.807) is 0 Å². The molecule has 0 aliphatic heterocycles. The highest BCUT2D eigenvalue weighted by molar-refractivity contribution is 6.23. The van der Waals surface area contributed by atoms with Gasteiger partial charge in [0.2, 0.25) is 0 Å². The van der Waals surface area contributed by atoms with Gasteiger partial charge < -0.3 is 0 Å². The van der Waals surface area contributed by atoms with Gasteiger partial charge in [0.25, 0.3) is 0 Å². The normalized spacial score (nSPS) is 11.4. The number of hydrogen-bond donors (Lipinski definition) is 0. The third kappa shape index (κ3) is 5.05. The number of fused-ring (bicyclic) bond motifs is 3. The number of rotatable bonds is 5. The molecule has 2 aromatic heterocycles. The summed E-state index contributed by atoms with van der Waals surface area (Å²) in [6, 6.07) is 53.1. The summed E-state index contributed by atoms with van der Waals surface area (Å²) in [6.45, 7) is 4.50. The molecular formula is C48H34N2. The first kappa shape index (κ1) is 29.7. The van der Waals surface area contributed by atoms with Crippen molar-refractivity contribution >= 4 is 32.3 Å². The Labute approximate surface area is 292 Å². The van der Waals surface area contributed by atoms with Gasteiger partial charge in [0.1, 0.15) is 0 Å². The standard InChI is InChI=1S/C48H34N2/c1-31-25-46(32(2)24-45(31)38-27-36(34-14-10-22-49-29-34)26-37(28-38)35-15-11-23-50-30-35)48-43-19-7-5-17-41(43)47(42-18-6-8-20-44(42)48)40-21-9-13-33-12-3-4-16-39(33)40/h3-30H,1-2H3. The van der Waals surface area contributed by atoms with Crippen molar-refractivity contribution in [3.63, 3.8) is 0 Å². The molecule has 0 saturated carbocycles. The fourth-order valence-corrected chi connectivity index (χ4v) is 7.73. The van der Waals surface area contributed by atoms with E-state index in [1.165, 1.54) is 76.8 Å². The van der Waals surface area contributed by atoms with Crippen LogP contribution in [0.25, 0.3) is 88.0 Å².